The third-order valence-electron chi connectivity index (χ3n) is 9.06. The Morgan fingerprint density at radius 2 is 1.62 bits per heavy atom. The number of fused-ring (bicyclic) bond motifs is 3. The molecule has 0 spiro atoms. The van der Waals surface area contributed by atoms with E-state index in [0.717, 1.165) is 63.6 Å². The molecule has 0 radical (unpaired) electrons. The summed E-state index contributed by atoms with van der Waals surface area (Å²) in [6, 6.07) is 25.5. The van der Waals surface area contributed by atoms with Gasteiger partial charge >= 0.3 is 6.09 Å². The minimum atomic E-state index is -0.560. The van der Waals surface area contributed by atoms with Gasteiger partial charge in [0, 0.05) is 36.5 Å². The third-order valence-corrected chi connectivity index (χ3v) is 9.06. The summed E-state index contributed by atoms with van der Waals surface area (Å²) in [5, 5.41) is 9.77. The van der Waals surface area contributed by atoms with Crippen molar-refractivity contribution in [3.63, 3.8) is 0 Å². The number of pyridine rings is 1. The number of hydrogen-bond donors (Lipinski definition) is 1. The van der Waals surface area contributed by atoms with Crippen LogP contribution in [0, 0.1) is 5.92 Å². The zero-order valence-electron chi connectivity index (χ0n) is 28.0. The van der Waals surface area contributed by atoms with Crippen LogP contribution >= 0.6 is 0 Å². The molecule has 48 heavy (non-hydrogen) atoms. The maximum Gasteiger partial charge on any atom is 0.410 e. The van der Waals surface area contributed by atoms with Crippen LogP contribution in [0.5, 0.6) is 23.0 Å². The molecule has 3 unspecified atom stereocenters. The molecule has 10 heteroatoms. The van der Waals surface area contributed by atoms with E-state index in [-0.39, 0.29) is 18.2 Å². The van der Waals surface area contributed by atoms with Crippen LogP contribution in [0.4, 0.5) is 10.6 Å². The van der Waals surface area contributed by atoms with Gasteiger partial charge in [0.15, 0.2) is 0 Å². The number of anilines is 1. The van der Waals surface area contributed by atoms with Gasteiger partial charge in [-0.15, -0.1) is 0 Å². The lowest BCUT2D eigenvalue weighted by Gasteiger charge is -2.34. The zero-order valence-corrected chi connectivity index (χ0v) is 28.0. The lowest BCUT2D eigenvalue weighted by atomic mass is 10.1. The zero-order chi connectivity index (χ0) is 33.4. The smallest absolute Gasteiger partial charge is 0.410 e. The number of carbonyl (C=O) groups excluding carboxylic acids is 1. The predicted octanol–water partition coefficient (Wildman–Crippen LogP) is 8.09. The van der Waals surface area contributed by atoms with Crippen LogP contribution in [-0.2, 0) is 11.3 Å². The highest BCUT2D eigenvalue weighted by Gasteiger charge is 2.49. The molecule has 2 fully saturated rings. The minimum absolute atomic E-state index is 0.00409. The normalized spacial score (nSPS) is 18.6. The standard InChI is InChI=1S/C38H41N5O5/c1-38(2,3)48-37(44)42-23-24-19-31(42)32(20-24)43-30-17-18-39-36(40-22-26-13-16-29(45-4)21-33(26)46-5)34(30)35(41-43)25-11-14-28(15-12-25)47-27-9-7-6-8-10-27/h6-18,21,24,31-32H,19-20,22-23H2,1-5H3,(H,39,40). The SMILES string of the molecule is COc1ccc(CNc2nccc3c2c(-c2ccc(Oc4ccccc4)cc2)nn3C2CC3CC2N(C(=O)OC(C)(C)C)C3)c(OC)c1. The fourth-order valence-corrected chi connectivity index (χ4v) is 6.94. The van der Waals surface area contributed by atoms with E-state index in [9.17, 15) is 4.79 Å². The van der Waals surface area contributed by atoms with Gasteiger partial charge in [0.25, 0.3) is 0 Å². The van der Waals surface area contributed by atoms with Gasteiger partial charge in [-0.25, -0.2) is 9.78 Å². The maximum absolute atomic E-state index is 13.3. The molecule has 1 N–H and O–H groups in total. The molecule has 248 valence electrons. The Morgan fingerprint density at radius 1 is 0.896 bits per heavy atom. The van der Waals surface area contributed by atoms with Crippen LogP contribution in [0.1, 0.15) is 45.2 Å². The first-order valence-corrected chi connectivity index (χ1v) is 16.4. The number of para-hydroxylation sites is 1. The first-order chi connectivity index (χ1) is 23.2. The number of hydrogen-bond acceptors (Lipinski definition) is 8. The van der Waals surface area contributed by atoms with Crippen molar-refractivity contribution in [1.82, 2.24) is 19.7 Å². The summed E-state index contributed by atoms with van der Waals surface area (Å²) in [5.74, 6) is 4.07. The quantitative estimate of drug-likeness (QED) is 0.171. The number of aromatic nitrogens is 3. The number of rotatable bonds is 9. The summed E-state index contributed by atoms with van der Waals surface area (Å²) in [5.41, 5.74) is 3.10. The number of benzene rings is 3. The van der Waals surface area contributed by atoms with Crippen molar-refractivity contribution in [3.05, 3.63) is 90.6 Å². The van der Waals surface area contributed by atoms with Gasteiger partial charge in [-0.2, -0.15) is 5.10 Å². The van der Waals surface area contributed by atoms with Gasteiger partial charge in [-0.1, -0.05) is 18.2 Å². The topological polar surface area (TPSA) is 100.0 Å². The Hall–Kier alpha value is -5.25. The molecule has 2 bridgehead atoms. The molecule has 3 atom stereocenters. The summed E-state index contributed by atoms with van der Waals surface area (Å²) in [6.45, 7) is 6.91. The fraction of sp³-hybridized carbons (Fsp3) is 0.342. The van der Waals surface area contributed by atoms with Gasteiger partial charge in [-0.3, -0.25) is 4.68 Å². The number of methoxy groups -OCH3 is 2. The van der Waals surface area contributed by atoms with Crippen LogP contribution in [0.15, 0.2) is 85.1 Å². The van der Waals surface area contributed by atoms with Gasteiger partial charge in [0.1, 0.15) is 40.1 Å². The molecule has 1 amide bonds. The predicted molar refractivity (Wildman–Crippen MR) is 185 cm³/mol. The second kappa shape index (κ2) is 12.7. The van der Waals surface area contributed by atoms with E-state index < -0.39 is 5.60 Å². The van der Waals surface area contributed by atoms with E-state index >= 15 is 0 Å². The molecule has 3 heterocycles. The average molecular weight is 648 g/mol. The number of likely N-dealkylation sites (tertiary alicyclic amines) is 1. The Labute approximate surface area is 280 Å². The highest BCUT2D eigenvalue weighted by atomic mass is 16.6. The van der Waals surface area contributed by atoms with E-state index in [1.54, 1.807) is 14.2 Å². The van der Waals surface area contributed by atoms with Crippen LogP contribution in [-0.4, -0.2) is 58.2 Å². The Bertz CT molecular complexity index is 1920. The number of carbonyl (C=O) groups is 1. The second-order valence-electron chi connectivity index (χ2n) is 13.4. The molecule has 5 aromatic rings. The van der Waals surface area contributed by atoms with Crippen molar-refractivity contribution < 1.29 is 23.7 Å². The highest BCUT2D eigenvalue weighted by Crippen LogP contribution is 2.47. The summed E-state index contributed by atoms with van der Waals surface area (Å²) in [4.78, 5) is 20.0. The molecule has 7 rings (SSSR count). The largest absolute Gasteiger partial charge is 0.497 e. The summed E-state index contributed by atoms with van der Waals surface area (Å²) >= 11 is 0. The summed E-state index contributed by atoms with van der Waals surface area (Å²) in [7, 11) is 3.29. The van der Waals surface area contributed by atoms with E-state index in [0.29, 0.717) is 24.8 Å². The Balaban J connectivity index is 1.26. The van der Waals surface area contributed by atoms with E-state index in [2.05, 4.69) is 10.00 Å². The number of nitrogens with zero attached hydrogens (tertiary/aromatic N) is 4. The van der Waals surface area contributed by atoms with Crippen LogP contribution in [0.25, 0.3) is 22.2 Å². The Morgan fingerprint density at radius 3 is 2.33 bits per heavy atom. The summed E-state index contributed by atoms with van der Waals surface area (Å²) in [6.07, 6.45) is 3.42. The van der Waals surface area contributed by atoms with Crippen molar-refractivity contribution in [3.8, 4) is 34.3 Å². The number of piperidine rings is 1. The molecular formula is C38H41N5O5. The highest BCUT2D eigenvalue weighted by molar-refractivity contribution is 6.01. The number of nitrogens with one attached hydrogen (secondary N) is 1. The van der Waals surface area contributed by atoms with Gasteiger partial charge < -0.3 is 29.2 Å². The minimum Gasteiger partial charge on any atom is -0.497 e. The molecule has 10 nitrogen and oxygen atoms in total. The van der Waals surface area contributed by atoms with Gasteiger partial charge in [0.2, 0.25) is 0 Å². The van der Waals surface area contributed by atoms with Crippen LogP contribution < -0.4 is 19.5 Å². The Kier molecular flexibility index (Phi) is 8.33. The summed E-state index contributed by atoms with van der Waals surface area (Å²) < 4.78 is 25.0. The fourth-order valence-electron chi connectivity index (χ4n) is 6.94. The molecular weight excluding hydrogens is 606 g/mol. The molecule has 1 aliphatic carbocycles. The lowest BCUT2D eigenvalue weighted by Crippen LogP contribution is -2.45. The first kappa shape index (κ1) is 31.4. The lowest BCUT2D eigenvalue weighted by molar-refractivity contribution is 0.0136. The third kappa shape index (κ3) is 6.22. The molecule has 1 saturated carbocycles. The van der Waals surface area contributed by atoms with Crippen molar-refractivity contribution in [2.45, 2.75) is 57.8 Å². The van der Waals surface area contributed by atoms with Crippen LogP contribution in [0.3, 0.4) is 0 Å². The van der Waals surface area contributed by atoms with E-state index in [1.165, 1.54) is 0 Å². The van der Waals surface area contributed by atoms with Crippen molar-refractivity contribution >= 4 is 22.8 Å². The van der Waals surface area contributed by atoms with Crippen molar-refractivity contribution in [2.75, 3.05) is 26.1 Å². The van der Waals surface area contributed by atoms with E-state index in [1.807, 2.05) is 111 Å². The van der Waals surface area contributed by atoms with Gasteiger partial charge in [-0.05, 0) is 94.1 Å². The monoisotopic (exact) mass is 647 g/mol. The first-order valence-electron chi connectivity index (χ1n) is 16.4. The average Bonchev–Trinajstić information content (AvgIpc) is 3.81. The maximum atomic E-state index is 13.3. The molecule has 1 saturated heterocycles. The van der Waals surface area contributed by atoms with E-state index in [4.69, 9.17) is 29.0 Å². The van der Waals surface area contributed by atoms with Gasteiger partial charge in [0.05, 0.1) is 37.2 Å². The van der Waals surface area contributed by atoms with Crippen molar-refractivity contribution in [1.29, 1.82) is 0 Å². The number of ether oxygens (including phenoxy) is 4. The number of amides is 1. The molecule has 1 aliphatic heterocycles. The van der Waals surface area contributed by atoms with Crippen molar-refractivity contribution in [2.24, 2.45) is 5.92 Å². The molecule has 3 aromatic carbocycles. The molecule has 2 aliphatic rings. The molecule has 2 aromatic heterocycles. The second-order valence-corrected chi connectivity index (χ2v) is 13.4. The van der Waals surface area contributed by atoms with Crippen LogP contribution in [0.2, 0.25) is 0 Å².